The quantitative estimate of drug-likeness (QED) is 0.639. The van der Waals surface area contributed by atoms with Gasteiger partial charge in [0.05, 0.1) is 13.2 Å². The molecule has 0 amide bonds. The number of rotatable bonds is 6. The fraction of sp³-hybridized carbons (Fsp3) is 0.571. The van der Waals surface area contributed by atoms with Gasteiger partial charge in [0, 0.05) is 19.6 Å². The number of halogens is 3. The highest BCUT2D eigenvalue weighted by atomic mass is 19.2. The molecule has 1 fully saturated rings. The van der Waals surface area contributed by atoms with E-state index in [2.05, 4.69) is 10.2 Å². The van der Waals surface area contributed by atoms with Crippen LogP contribution in [0.2, 0.25) is 0 Å². The van der Waals surface area contributed by atoms with Gasteiger partial charge in [-0.2, -0.15) is 0 Å². The zero-order valence-electron chi connectivity index (χ0n) is 11.3. The summed E-state index contributed by atoms with van der Waals surface area (Å²) in [6.07, 6.45) is 0.951. The molecule has 2 rings (SSSR count). The molecule has 0 spiro atoms. The maximum atomic E-state index is 13.0. The minimum absolute atomic E-state index is 0.331. The van der Waals surface area contributed by atoms with Crippen LogP contribution in [0.15, 0.2) is 12.1 Å². The minimum atomic E-state index is -1.42. The molecule has 6 heteroatoms. The number of ether oxygens (including phenoxy) is 1. The first kappa shape index (κ1) is 15.3. The molecule has 1 aromatic rings. The Labute approximate surface area is 116 Å². The Morgan fingerprint density at radius 2 is 1.75 bits per heavy atom. The SMILES string of the molecule is Fc1cc(CNCCCN2CCOCC2)cc(F)c1F. The van der Waals surface area contributed by atoms with Crippen LogP contribution in [0.4, 0.5) is 13.2 Å². The number of nitrogens with zero attached hydrogens (tertiary/aromatic N) is 1. The molecular weight excluding hydrogens is 269 g/mol. The molecule has 1 aliphatic rings. The molecule has 0 bridgehead atoms. The molecule has 1 aromatic carbocycles. The van der Waals surface area contributed by atoms with Gasteiger partial charge in [-0.05, 0) is 37.2 Å². The zero-order valence-corrected chi connectivity index (χ0v) is 11.3. The van der Waals surface area contributed by atoms with Crippen molar-refractivity contribution in [2.24, 2.45) is 0 Å². The summed E-state index contributed by atoms with van der Waals surface area (Å²) in [5, 5.41) is 3.10. The van der Waals surface area contributed by atoms with Gasteiger partial charge in [0.25, 0.3) is 0 Å². The molecule has 0 unspecified atom stereocenters. The standard InChI is InChI=1S/C14H19F3N2O/c15-12-8-11(9-13(16)14(12)17)10-18-2-1-3-19-4-6-20-7-5-19/h8-9,18H,1-7,10H2. The van der Waals surface area contributed by atoms with Crippen molar-refractivity contribution >= 4 is 0 Å². The topological polar surface area (TPSA) is 24.5 Å². The molecule has 1 heterocycles. The summed E-state index contributed by atoms with van der Waals surface area (Å²) in [7, 11) is 0. The average molecular weight is 288 g/mol. The summed E-state index contributed by atoms with van der Waals surface area (Å²) in [6.45, 7) is 5.52. The number of benzene rings is 1. The van der Waals surface area contributed by atoms with E-state index in [-0.39, 0.29) is 0 Å². The Balaban J connectivity index is 1.65. The molecular formula is C14H19F3N2O. The second kappa shape index (κ2) is 7.61. The van der Waals surface area contributed by atoms with Crippen LogP contribution in [0.1, 0.15) is 12.0 Å². The van der Waals surface area contributed by atoms with Gasteiger partial charge in [-0.25, -0.2) is 13.2 Å². The molecule has 1 N–H and O–H groups in total. The van der Waals surface area contributed by atoms with Crippen LogP contribution in [0.5, 0.6) is 0 Å². The molecule has 20 heavy (non-hydrogen) atoms. The van der Waals surface area contributed by atoms with E-state index in [9.17, 15) is 13.2 Å². The van der Waals surface area contributed by atoms with E-state index in [0.29, 0.717) is 12.1 Å². The van der Waals surface area contributed by atoms with E-state index in [0.717, 1.165) is 57.9 Å². The third-order valence-electron chi connectivity index (χ3n) is 3.30. The third kappa shape index (κ3) is 4.47. The van der Waals surface area contributed by atoms with Gasteiger partial charge in [0.15, 0.2) is 17.5 Å². The predicted molar refractivity (Wildman–Crippen MR) is 69.9 cm³/mol. The van der Waals surface area contributed by atoms with E-state index < -0.39 is 17.5 Å². The summed E-state index contributed by atoms with van der Waals surface area (Å²) >= 11 is 0. The number of hydrogen-bond donors (Lipinski definition) is 1. The zero-order chi connectivity index (χ0) is 14.4. The highest BCUT2D eigenvalue weighted by Crippen LogP contribution is 2.13. The van der Waals surface area contributed by atoms with Crippen molar-refractivity contribution in [3.63, 3.8) is 0 Å². The lowest BCUT2D eigenvalue weighted by molar-refractivity contribution is 0.0374. The Kier molecular flexibility index (Phi) is 5.82. The largest absolute Gasteiger partial charge is 0.379 e. The number of hydrogen-bond acceptors (Lipinski definition) is 3. The van der Waals surface area contributed by atoms with Crippen molar-refractivity contribution in [1.82, 2.24) is 10.2 Å². The van der Waals surface area contributed by atoms with Gasteiger partial charge in [0.2, 0.25) is 0 Å². The van der Waals surface area contributed by atoms with E-state index >= 15 is 0 Å². The normalized spacial score (nSPS) is 16.6. The lowest BCUT2D eigenvalue weighted by Gasteiger charge is -2.26. The van der Waals surface area contributed by atoms with Crippen LogP contribution in [0.3, 0.4) is 0 Å². The monoisotopic (exact) mass is 288 g/mol. The van der Waals surface area contributed by atoms with Crippen LogP contribution >= 0.6 is 0 Å². The lowest BCUT2D eigenvalue weighted by Crippen LogP contribution is -2.37. The molecule has 1 saturated heterocycles. The second-order valence-corrected chi connectivity index (χ2v) is 4.86. The lowest BCUT2D eigenvalue weighted by atomic mass is 10.2. The highest BCUT2D eigenvalue weighted by Gasteiger charge is 2.11. The summed E-state index contributed by atoms with van der Waals surface area (Å²) in [5.74, 6) is -3.70. The van der Waals surface area contributed by atoms with Crippen molar-refractivity contribution in [3.8, 4) is 0 Å². The predicted octanol–water partition coefficient (Wildman–Crippen LogP) is 1.92. The minimum Gasteiger partial charge on any atom is -0.379 e. The fourth-order valence-electron chi connectivity index (χ4n) is 2.20. The van der Waals surface area contributed by atoms with Crippen LogP contribution in [-0.4, -0.2) is 44.3 Å². The Morgan fingerprint density at radius 3 is 2.40 bits per heavy atom. The van der Waals surface area contributed by atoms with Crippen molar-refractivity contribution < 1.29 is 17.9 Å². The van der Waals surface area contributed by atoms with Crippen LogP contribution in [-0.2, 0) is 11.3 Å². The van der Waals surface area contributed by atoms with Crippen molar-refractivity contribution in [2.45, 2.75) is 13.0 Å². The van der Waals surface area contributed by atoms with Crippen molar-refractivity contribution in [3.05, 3.63) is 35.1 Å². The summed E-state index contributed by atoms with van der Waals surface area (Å²) in [4.78, 5) is 2.32. The summed E-state index contributed by atoms with van der Waals surface area (Å²) < 4.78 is 44.0. The van der Waals surface area contributed by atoms with Crippen LogP contribution in [0, 0.1) is 17.5 Å². The number of morpholine rings is 1. The van der Waals surface area contributed by atoms with E-state index in [4.69, 9.17) is 4.74 Å². The maximum Gasteiger partial charge on any atom is 0.194 e. The second-order valence-electron chi connectivity index (χ2n) is 4.86. The summed E-state index contributed by atoms with van der Waals surface area (Å²) in [5.41, 5.74) is 0.410. The van der Waals surface area contributed by atoms with Crippen LogP contribution in [0.25, 0.3) is 0 Å². The third-order valence-corrected chi connectivity index (χ3v) is 3.30. The molecule has 112 valence electrons. The maximum absolute atomic E-state index is 13.0. The molecule has 0 aromatic heterocycles. The van der Waals surface area contributed by atoms with Crippen molar-refractivity contribution in [2.75, 3.05) is 39.4 Å². The fourth-order valence-corrected chi connectivity index (χ4v) is 2.20. The van der Waals surface area contributed by atoms with Gasteiger partial charge in [-0.3, -0.25) is 4.90 Å². The Bertz CT molecular complexity index is 413. The van der Waals surface area contributed by atoms with E-state index in [1.807, 2.05) is 0 Å². The molecule has 0 atom stereocenters. The van der Waals surface area contributed by atoms with Crippen LogP contribution < -0.4 is 5.32 Å². The van der Waals surface area contributed by atoms with Gasteiger partial charge < -0.3 is 10.1 Å². The summed E-state index contributed by atoms with van der Waals surface area (Å²) in [6, 6.07) is 2.04. The van der Waals surface area contributed by atoms with Gasteiger partial charge in [-0.1, -0.05) is 0 Å². The highest BCUT2D eigenvalue weighted by molar-refractivity contribution is 5.19. The first-order valence-electron chi connectivity index (χ1n) is 6.81. The molecule has 0 aliphatic carbocycles. The van der Waals surface area contributed by atoms with Gasteiger partial charge in [0.1, 0.15) is 0 Å². The first-order chi connectivity index (χ1) is 9.66. The van der Waals surface area contributed by atoms with Crippen molar-refractivity contribution in [1.29, 1.82) is 0 Å². The van der Waals surface area contributed by atoms with E-state index in [1.165, 1.54) is 0 Å². The van der Waals surface area contributed by atoms with Gasteiger partial charge >= 0.3 is 0 Å². The molecule has 0 radical (unpaired) electrons. The smallest absolute Gasteiger partial charge is 0.194 e. The Hall–Kier alpha value is -1.11. The molecule has 1 aliphatic heterocycles. The van der Waals surface area contributed by atoms with E-state index in [1.54, 1.807) is 0 Å². The molecule has 0 saturated carbocycles. The average Bonchev–Trinajstić information content (AvgIpc) is 2.45. The van der Waals surface area contributed by atoms with Gasteiger partial charge in [-0.15, -0.1) is 0 Å². The Morgan fingerprint density at radius 1 is 1.10 bits per heavy atom. The molecule has 3 nitrogen and oxygen atoms in total. The number of nitrogens with one attached hydrogen (secondary N) is 1. The first-order valence-corrected chi connectivity index (χ1v) is 6.81.